The minimum absolute atomic E-state index is 0. The molecule has 10 heteroatoms. The van der Waals surface area contributed by atoms with Crippen molar-refractivity contribution in [3.8, 4) is 0 Å². The van der Waals surface area contributed by atoms with Crippen LogP contribution < -0.4 is 10.0 Å². The van der Waals surface area contributed by atoms with E-state index >= 15 is 0 Å². The second-order valence-electron chi connectivity index (χ2n) is 5.04. The van der Waals surface area contributed by atoms with E-state index in [0.717, 1.165) is 6.07 Å². The van der Waals surface area contributed by atoms with Gasteiger partial charge in [-0.15, -0.1) is 12.4 Å². The molecule has 7 nitrogen and oxygen atoms in total. The molecule has 124 valence electrons. The Morgan fingerprint density at radius 1 is 1.45 bits per heavy atom. The Hall–Kier alpha value is -0.930. The summed E-state index contributed by atoms with van der Waals surface area (Å²) in [6.07, 6.45) is 0.624. The van der Waals surface area contributed by atoms with E-state index in [2.05, 4.69) is 10.0 Å². The van der Waals surface area contributed by atoms with Crippen LogP contribution in [-0.2, 0) is 10.0 Å². The van der Waals surface area contributed by atoms with E-state index < -0.39 is 25.5 Å². The number of rotatable bonds is 4. The highest BCUT2D eigenvalue weighted by molar-refractivity contribution is 7.89. The lowest BCUT2D eigenvalue weighted by Crippen LogP contribution is -2.48. The molecule has 1 heterocycles. The first-order valence-electron chi connectivity index (χ1n) is 6.49. The fraction of sp³-hybridized carbons (Fsp3) is 0.500. The second-order valence-corrected chi connectivity index (χ2v) is 7.10. The lowest BCUT2D eigenvalue weighted by molar-refractivity contribution is -0.387. The van der Waals surface area contributed by atoms with Crippen LogP contribution in [0.25, 0.3) is 0 Å². The predicted octanol–water partition coefficient (Wildman–Crippen LogP) is 1.95. The fourth-order valence-electron chi connectivity index (χ4n) is 2.35. The molecular weight excluding hydrogens is 353 g/mol. The molecule has 2 atom stereocenters. The van der Waals surface area contributed by atoms with Gasteiger partial charge in [-0.05, 0) is 31.5 Å². The van der Waals surface area contributed by atoms with Crippen LogP contribution in [0.2, 0.25) is 5.02 Å². The Morgan fingerprint density at radius 3 is 2.73 bits per heavy atom. The highest BCUT2D eigenvalue weighted by Crippen LogP contribution is 2.31. The second kappa shape index (κ2) is 7.56. The van der Waals surface area contributed by atoms with Crippen molar-refractivity contribution in [2.75, 3.05) is 13.1 Å². The van der Waals surface area contributed by atoms with E-state index in [1.807, 2.05) is 6.92 Å². The van der Waals surface area contributed by atoms with Gasteiger partial charge in [-0.1, -0.05) is 24.6 Å². The van der Waals surface area contributed by atoms with Gasteiger partial charge in [-0.25, -0.2) is 13.1 Å². The summed E-state index contributed by atoms with van der Waals surface area (Å²) in [5.74, 6) is 0.0927. The Balaban J connectivity index is 0.00000242. The van der Waals surface area contributed by atoms with Crippen LogP contribution in [0.15, 0.2) is 23.1 Å². The average Bonchev–Trinajstić information content (AvgIpc) is 2.40. The fourth-order valence-corrected chi connectivity index (χ4v) is 4.44. The smallest absolute Gasteiger partial charge is 0.290 e. The molecule has 2 unspecified atom stereocenters. The lowest BCUT2D eigenvalue weighted by atomic mass is 9.97. The summed E-state index contributed by atoms with van der Waals surface area (Å²) >= 11 is 5.88. The summed E-state index contributed by atoms with van der Waals surface area (Å²) in [6, 6.07) is 3.54. The number of hydrogen-bond acceptors (Lipinski definition) is 5. The summed E-state index contributed by atoms with van der Waals surface area (Å²) in [4.78, 5) is 9.81. The van der Waals surface area contributed by atoms with Gasteiger partial charge < -0.3 is 5.32 Å². The van der Waals surface area contributed by atoms with E-state index in [0.29, 0.717) is 19.5 Å². The summed E-state index contributed by atoms with van der Waals surface area (Å²) < 4.78 is 27.5. The van der Waals surface area contributed by atoms with Crippen molar-refractivity contribution >= 4 is 39.7 Å². The minimum atomic E-state index is -4.05. The highest BCUT2D eigenvalue weighted by Gasteiger charge is 2.33. The van der Waals surface area contributed by atoms with Crippen LogP contribution in [-0.4, -0.2) is 32.5 Å². The van der Waals surface area contributed by atoms with Gasteiger partial charge in [-0.3, -0.25) is 10.1 Å². The van der Waals surface area contributed by atoms with Crippen LogP contribution in [0.1, 0.15) is 13.3 Å². The molecule has 22 heavy (non-hydrogen) atoms. The van der Waals surface area contributed by atoms with E-state index in [9.17, 15) is 18.5 Å². The number of halogens is 2. The van der Waals surface area contributed by atoms with Crippen LogP contribution in [0.5, 0.6) is 0 Å². The summed E-state index contributed by atoms with van der Waals surface area (Å²) in [6.45, 7) is 3.31. The zero-order valence-corrected chi connectivity index (χ0v) is 14.2. The van der Waals surface area contributed by atoms with Crippen molar-refractivity contribution in [3.05, 3.63) is 33.3 Å². The Kier molecular flexibility index (Phi) is 6.57. The molecule has 1 aliphatic heterocycles. The molecule has 0 aromatic heterocycles. The molecule has 1 saturated heterocycles. The maximum atomic E-state index is 12.5. The molecule has 1 fully saturated rings. The van der Waals surface area contributed by atoms with Crippen molar-refractivity contribution < 1.29 is 13.3 Å². The number of nitrogens with one attached hydrogen (secondary N) is 2. The highest BCUT2D eigenvalue weighted by atomic mass is 35.5. The number of nitrogens with zero attached hydrogens (tertiary/aromatic N) is 1. The third kappa shape index (κ3) is 4.08. The number of hydrogen-bond donors (Lipinski definition) is 2. The predicted molar refractivity (Wildman–Crippen MR) is 86.1 cm³/mol. The number of piperidine rings is 1. The minimum Gasteiger partial charge on any atom is -0.316 e. The first-order chi connectivity index (χ1) is 9.83. The van der Waals surface area contributed by atoms with Gasteiger partial charge in [0.05, 0.1) is 9.95 Å². The average molecular weight is 370 g/mol. The zero-order chi connectivity index (χ0) is 15.6. The molecular formula is C12H17Cl2N3O4S. The number of sulfonamides is 1. The molecule has 2 N–H and O–H groups in total. The Labute approximate surface area is 140 Å². The van der Waals surface area contributed by atoms with Crippen LogP contribution in [0.3, 0.4) is 0 Å². The number of nitro groups is 1. The standard InChI is InChI=1S/C12H16ClN3O4S.ClH/c1-8-7-14-6-5-10(8)15-21(19,20)12-9(13)3-2-4-11(12)16(17)18;/h2-4,8,10,14-15H,5-7H2,1H3;1H. The summed E-state index contributed by atoms with van der Waals surface area (Å²) in [7, 11) is -4.05. The third-order valence-electron chi connectivity index (χ3n) is 3.50. The van der Waals surface area contributed by atoms with Gasteiger partial charge in [0.15, 0.2) is 4.90 Å². The van der Waals surface area contributed by atoms with Crippen LogP contribution in [0.4, 0.5) is 5.69 Å². The molecule has 0 saturated carbocycles. The van der Waals surface area contributed by atoms with E-state index in [1.54, 1.807) is 0 Å². The molecule has 1 aromatic carbocycles. The van der Waals surface area contributed by atoms with E-state index in [4.69, 9.17) is 11.6 Å². The van der Waals surface area contributed by atoms with Gasteiger partial charge in [0.2, 0.25) is 10.0 Å². The van der Waals surface area contributed by atoms with Crippen LogP contribution in [0, 0.1) is 16.0 Å². The molecule has 1 aliphatic rings. The largest absolute Gasteiger partial charge is 0.316 e. The quantitative estimate of drug-likeness (QED) is 0.623. The molecule has 0 aliphatic carbocycles. The van der Waals surface area contributed by atoms with E-state index in [1.165, 1.54) is 12.1 Å². The summed E-state index contributed by atoms with van der Waals surface area (Å²) in [5.41, 5.74) is -0.517. The maximum Gasteiger partial charge on any atom is 0.290 e. The summed E-state index contributed by atoms with van der Waals surface area (Å²) in [5, 5.41) is 14.0. The number of nitro benzene ring substituents is 1. The maximum absolute atomic E-state index is 12.5. The SMILES string of the molecule is CC1CNCCC1NS(=O)(=O)c1c(Cl)cccc1[N+](=O)[O-].Cl. The van der Waals surface area contributed by atoms with Gasteiger partial charge in [0.25, 0.3) is 5.69 Å². The molecule has 0 amide bonds. The van der Waals surface area contributed by atoms with Gasteiger partial charge >= 0.3 is 0 Å². The topological polar surface area (TPSA) is 101 Å². The van der Waals surface area contributed by atoms with Crippen molar-refractivity contribution in [1.29, 1.82) is 0 Å². The lowest BCUT2D eigenvalue weighted by Gasteiger charge is -2.29. The first kappa shape index (κ1) is 19.1. The van der Waals surface area contributed by atoms with Crippen LogP contribution >= 0.6 is 24.0 Å². The van der Waals surface area contributed by atoms with Gasteiger partial charge in [0.1, 0.15) is 0 Å². The Bertz CT molecular complexity index is 654. The Morgan fingerprint density at radius 2 is 2.14 bits per heavy atom. The third-order valence-corrected chi connectivity index (χ3v) is 5.51. The molecule has 0 radical (unpaired) electrons. The van der Waals surface area contributed by atoms with Crippen molar-refractivity contribution in [2.24, 2.45) is 5.92 Å². The molecule has 1 aromatic rings. The van der Waals surface area contributed by atoms with Gasteiger partial charge in [0, 0.05) is 12.1 Å². The normalized spacial score (nSPS) is 21.9. The van der Waals surface area contributed by atoms with E-state index in [-0.39, 0.29) is 29.4 Å². The van der Waals surface area contributed by atoms with Crippen molar-refractivity contribution in [2.45, 2.75) is 24.3 Å². The monoisotopic (exact) mass is 369 g/mol. The van der Waals surface area contributed by atoms with Crippen molar-refractivity contribution in [1.82, 2.24) is 10.0 Å². The number of benzene rings is 1. The zero-order valence-electron chi connectivity index (χ0n) is 11.8. The molecule has 2 rings (SSSR count). The molecule has 0 spiro atoms. The van der Waals surface area contributed by atoms with Gasteiger partial charge in [-0.2, -0.15) is 0 Å². The van der Waals surface area contributed by atoms with Crippen molar-refractivity contribution in [3.63, 3.8) is 0 Å². The molecule has 0 bridgehead atoms. The first-order valence-corrected chi connectivity index (χ1v) is 8.35.